The molecule has 1 N–H and O–H groups in total. The van der Waals surface area contributed by atoms with Crippen LogP contribution in [0.3, 0.4) is 0 Å². The molecule has 0 aliphatic rings. The molecule has 0 radical (unpaired) electrons. The number of aromatic nitrogens is 2. The Morgan fingerprint density at radius 2 is 2.05 bits per heavy atom. The molecule has 4 nitrogen and oxygen atoms in total. The molecule has 1 aromatic heterocycles. The minimum Gasteiger partial charge on any atom is -0.481 e. The van der Waals surface area contributed by atoms with Crippen molar-refractivity contribution in [1.29, 1.82) is 0 Å². The van der Waals surface area contributed by atoms with E-state index < -0.39 is 5.97 Å². The number of benzene rings is 1. The number of hydrogen-bond donors (Lipinski definition) is 1. The molecule has 0 aliphatic carbocycles. The van der Waals surface area contributed by atoms with Gasteiger partial charge in [0.25, 0.3) is 0 Å². The molecule has 0 bridgehead atoms. The highest BCUT2D eigenvalue weighted by molar-refractivity contribution is 6.35. The molecule has 0 unspecified atom stereocenters. The van der Waals surface area contributed by atoms with E-state index in [0.29, 0.717) is 23.0 Å². The summed E-state index contributed by atoms with van der Waals surface area (Å²) >= 11 is 12.1. The van der Waals surface area contributed by atoms with E-state index in [4.69, 9.17) is 28.3 Å². The molecule has 0 fully saturated rings. The van der Waals surface area contributed by atoms with Crippen molar-refractivity contribution in [3.8, 4) is 0 Å². The van der Waals surface area contributed by atoms with Crippen molar-refractivity contribution in [2.45, 2.75) is 39.2 Å². The Morgan fingerprint density at radius 3 is 2.64 bits per heavy atom. The highest BCUT2D eigenvalue weighted by Gasteiger charge is 2.13. The monoisotopic (exact) mass is 340 g/mol. The van der Waals surface area contributed by atoms with Gasteiger partial charge in [-0.3, -0.25) is 9.48 Å². The zero-order valence-electron chi connectivity index (χ0n) is 12.5. The highest BCUT2D eigenvalue weighted by atomic mass is 35.5. The first-order valence-corrected chi connectivity index (χ1v) is 7.84. The second-order valence-corrected chi connectivity index (χ2v) is 6.35. The third kappa shape index (κ3) is 4.24. The second-order valence-electron chi connectivity index (χ2n) is 5.50. The molecule has 0 aliphatic heterocycles. The summed E-state index contributed by atoms with van der Waals surface area (Å²) in [5.74, 6) is -0.533. The molecular weight excluding hydrogens is 323 g/mol. The fourth-order valence-electron chi connectivity index (χ4n) is 2.14. The van der Waals surface area contributed by atoms with Crippen molar-refractivity contribution in [1.82, 2.24) is 9.78 Å². The van der Waals surface area contributed by atoms with E-state index in [1.807, 2.05) is 16.8 Å². The Morgan fingerprint density at radius 1 is 1.32 bits per heavy atom. The summed E-state index contributed by atoms with van der Waals surface area (Å²) in [6, 6.07) is 7.31. The molecule has 1 heterocycles. The zero-order chi connectivity index (χ0) is 16.3. The standard InChI is InChI=1S/C16H18Cl2N2O2/c1-10(2)15-8-13(5-6-16(21)22)20(19-15)9-11-3-4-12(17)7-14(11)18/h3-4,7-8,10H,5-6,9H2,1-2H3,(H,21,22). The summed E-state index contributed by atoms with van der Waals surface area (Å²) in [5.41, 5.74) is 2.75. The van der Waals surface area contributed by atoms with Crippen LogP contribution in [0.4, 0.5) is 0 Å². The van der Waals surface area contributed by atoms with E-state index in [2.05, 4.69) is 18.9 Å². The van der Waals surface area contributed by atoms with Crippen LogP contribution < -0.4 is 0 Å². The highest BCUT2D eigenvalue weighted by Crippen LogP contribution is 2.23. The summed E-state index contributed by atoms with van der Waals surface area (Å²) < 4.78 is 1.83. The number of halogens is 2. The average Bonchev–Trinajstić information content (AvgIpc) is 2.83. The Balaban J connectivity index is 2.29. The van der Waals surface area contributed by atoms with Crippen LogP contribution >= 0.6 is 23.2 Å². The molecule has 22 heavy (non-hydrogen) atoms. The molecule has 0 atom stereocenters. The Hall–Kier alpha value is -1.52. The van der Waals surface area contributed by atoms with Gasteiger partial charge >= 0.3 is 5.97 Å². The fourth-order valence-corrected chi connectivity index (χ4v) is 2.61. The second kappa shape index (κ2) is 7.16. The van der Waals surface area contributed by atoms with Gasteiger partial charge in [0, 0.05) is 15.7 Å². The van der Waals surface area contributed by atoms with Crippen LogP contribution in [0.5, 0.6) is 0 Å². The minimum absolute atomic E-state index is 0.0809. The normalized spacial score (nSPS) is 11.1. The Bertz CT molecular complexity index is 681. The molecule has 2 aromatic rings. The predicted molar refractivity (Wildman–Crippen MR) is 87.8 cm³/mol. The van der Waals surface area contributed by atoms with E-state index in [1.54, 1.807) is 12.1 Å². The summed E-state index contributed by atoms with van der Waals surface area (Å²) in [6.07, 6.45) is 0.526. The molecular formula is C16H18Cl2N2O2. The number of carboxylic acid groups (broad SMARTS) is 1. The lowest BCUT2D eigenvalue weighted by Crippen LogP contribution is -2.09. The van der Waals surface area contributed by atoms with Crippen molar-refractivity contribution >= 4 is 29.2 Å². The molecule has 0 saturated carbocycles. The van der Waals surface area contributed by atoms with Crippen LogP contribution in [0.1, 0.15) is 43.1 Å². The lowest BCUT2D eigenvalue weighted by atomic mass is 10.1. The third-order valence-electron chi connectivity index (χ3n) is 3.40. The number of aryl methyl sites for hydroxylation is 1. The number of carbonyl (C=O) groups is 1. The van der Waals surface area contributed by atoms with Gasteiger partial charge in [0.2, 0.25) is 0 Å². The van der Waals surface area contributed by atoms with Crippen LogP contribution in [0.25, 0.3) is 0 Å². The van der Waals surface area contributed by atoms with Gasteiger partial charge in [-0.2, -0.15) is 5.10 Å². The quantitative estimate of drug-likeness (QED) is 0.848. The van der Waals surface area contributed by atoms with Crippen molar-refractivity contribution in [2.24, 2.45) is 0 Å². The molecule has 0 amide bonds. The largest absolute Gasteiger partial charge is 0.481 e. The average molecular weight is 341 g/mol. The number of carboxylic acids is 1. The Kier molecular flexibility index (Phi) is 5.48. The number of hydrogen-bond acceptors (Lipinski definition) is 2. The van der Waals surface area contributed by atoms with Gasteiger partial charge in [0.1, 0.15) is 0 Å². The Labute approximate surface area is 139 Å². The van der Waals surface area contributed by atoms with Gasteiger partial charge < -0.3 is 5.11 Å². The molecule has 2 rings (SSSR count). The maximum atomic E-state index is 10.8. The van der Waals surface area contributed by atoms with Crippen LogP contribution in [-0.4, -0.2) is 20.9 Å². The van der Waals surface area contributed by atoms with E-state index in [-0.39, 0.29) is 12.3 Å². The van der Waals surface area contributed by atoms with Gasteiger partial charge in [-0.15, -0.1) is 0 Å². The maximum Gasteiger partial charge on any atom is 0.303 e. The molecule has 0 saturated heterocycles. The van der Waals surface area contributed by atoms with E-state index in [9.17, 15) is 4.79 Å². The van der Waals surface area contributed by atoms with Gasteiger partial charge in [-0.25, -0.2) is 0 Å². The van der Waals surface area contributed by atoms with Crippen LogP contribution in [-0.2, 0) is 17.8 Å². The molecule has 0 spiro atoms. The smallest absolute Gasteiger partial charge is 0.303 e. The van der Waals surface area contributed by atoms with Crippen molar-refractivity contribution < 1.29 is 9.90 Å². The van der Waals surface area contributed by atoms with E-state index >= 15 is 0 Å². The van der Waals surface area contributed by atoms with Gasteiger partial charge in [-0.05, 0) is 36.1 Å². The van der Waals surface area contributed by atoms with Crippen molar-refractivity contribution in [3.63, 3.8) is 0 Å². The minimum atomic E-state index is -0.816. The summed E-state index contributed by atoms with van der Waals surface area (Å²) in [4.78, 5) is 10.8. The molecule has 1 aromatic carbocycles. The predicted octanol–water partition coefficient (Wildman–Crippen LogP) is 4.38. The summed E-state index contributed by atoms with van der Waals surface area (Å²) in [6.45, 7) is 4.61. The third-order valence-corrected chi connectivity index (χ3v) is 3.99. The lowest BCUT2D eigenvalue weighted by molar-refractivity contribution is -0.136. The zero-order valence-corrected chi connectivity index (χ0v) is 14.0. The topological polar surface area (TPSA) is 55.1 Å². The van der Waals surface area contributed by atoms with Crippen LogP contribution in [0.15, 0.2) is 24.3 Å². The van der Waals surface area contributed by atoms with Gasteiger partial charge in [0.05, 0.1) is 18.7 Å². The number of aliphatic carboxylic acids is 1. The van der Waals surface area contributed by atoms with E-state index in [0.717, 1.165) is 17.0 Å². The van der Waals surface area contributed by atoms with Crippen molar-refractivity contribution in [2.75, 3.05) is 0 Å². The first-order chi connectivity index (χ1) is 10.4. The lowest BCUT2D eigenvalue weighted by Gasteiger charge is -2.09. The summed E-state index contributed by atoms with van der Waals surface area (Å²) in [7, 11) is 0. The van der Waals surface area contributed by atoms with Crippen molar-refractivity contribution in [3.05, 3.63) is 51.3 Å². The fraction of sp³-hybridized carbons (Fsp3) is 0.375. The van der Waals surface area contributed by atoms with Gasteiger partial charge in [0.15, 0.2) is 0 Å². The summed E-state index contributed by atoms with van der Waals surface area (Å²) in [5, 5.41) is 14.6. The van der Waals surface area contributed by atoms with Gasteiger partial charge in [-0.1, -0.05) is 43.1 Å². The molecule has 6 heteroatoms. The van der Waals surface area contributed by atoms with Crippen LogP contribution in [0, 0.1) is 0 Å². The molecule has 118 valence electrons. The first-order valence-electron chi connectivity index (χ1n) is 7.09. The van der Waals surface area contributed by atoms with E-state index in [1.165, 1.54) is 0 Å². The maximum absolute atomic E-state index is 10.8. The van der Waals surface area contributed by atoms with Crippen LogP contribution in [0.2, 0.25) is 10.0 Å². The SMILES string of the molecule is CC(C)c1cc(CCC(=O)O)n(Cc2ccc(Cl)cc2Cl)n1. The number of nitrogens with zero attached hydrogens (tertiary/aromatic N) is 2. The first kappa shape index (κ1) is 16.8. The number of rotatable bonds is 6.